The third-order valence-corrected chi connectivity index (χ3v) is 5.54. The number of nitrogens with one attached hydrogen (secondary N) is 1. The first-order valence-corrected chi connectivity index (χ1v) is 8.50. The number of hydrogen-bond donors (Lipinski definition) is 1. The van der Waals surface area contributed by atoms with Crippen LogP contribution in [0.1, 0.15) is 45.4 Å². The zero-order valence-corrected chi connectivity index (χ0v) is 14.0. The largest absolute Gasteiger partial charge is 0.338 e. The maximum atomic E-state index is 12.7. The van der Waals surface area contributed by atoms with Gasteiger partial charge >= 0.3 is 0 Å². The number of carbonyl (C=O) groups is 1. The minimum atomic E-state index is 0. The molecule has 0 radical (unpaired) electrons. The van der Waals surface area contributed by atoms with Crippen molar-refractivity contribution in [1.29, 1.82) is 0 Å². The van der Waals surface area contributed by atoms with Gasteiger partial charge in [0.25, 0.3) is 0 Å². The molecule has 0 aromatic rings. The molecule has 1 amide bonds. The Balaban J connectivity index is 0.00000161. The highest BCUT2D eigenvalue weighted by atomic mass is 35.5. The molecule has 1 aliphatic carbocycles. The number of carbonyl (C=O) groups excluding carboxylic acids is 1. The smallest absolute Gasteiger partial charge is 0.237 e. The minimum Gasteiger partial charge on any atom is -0.338 e. The molecule has 1 N–H and O–H groups in total. The zero-order valence-electron chi connectivity index (χ0n) is 13.2. The first-order chi connectivity index (χ1) is 9.75. The van der Waals surface area contributed by atoms with Crippen LogP contribution in [0.3, 0.4) is 0 Å². The van der Waals surface area contributed by atoms with Crippen LogP contribution in [-0.2, 0) is 4.79 Å². The number of piperidine rings is 1. The molecule has 2 heterocycles. The monoisotopic (exact) mass is 315 g/mol. The third kappa shape index (κ3) is 3.91. The Bertz CT molecular complexity index is 350. The Morgan fingerprint density at radius 1 is 1.14 bits per heavy atom. The molecule has 2 aliphatic heterocycles. The molecule has 3 aliphatic rings. The van der Waals surface area contributed by atoms with Crippen LogP contribution < -0.4 is 5.32 Å². The predicted octanol–water partition coefficient (Wildman–Crippen LogP) is 1.88. The number of rotatable bonds is 2. The summed E-state index contributed by atoms with van der Waals surface area (Å²) in [6.07, 6.45) is 7.83. The quantitative estimate of drug-likeness (QED) is 0.845. The highest BCUT2D eigenvalue weighted by Gasteiger charge is 2.36. The van der Waals surface area contributed by atoms with Crippen LogP contribution in [0.15, 0.2) is 0 Å². The second-order valence-corrected chi connectivity index (χ2v) is 6.86. The number of halogens is 1. The topological polar surface area (TPSA) is 35.6 Å². The van der Waals surface area contributed by atoms with E-state index in [1.54, 1.807) is 0 Å². The van der Waals surface area contributed by atoms with Crippen molar-refractivity contribution in [3.63, 3.8) is 0 Å². The van der Waals surface area contributed by atoms with E-state index < -0.39 is 0 Å². The van der Waals surface area contributed by atoms with Gasteiger partial charge in [0.15, 0.2) is 0 Å². The molecule has 0 aromatic heterocycles. The average Bonchev–Trinajstić information content (AvgIpc) is 2.49. The first kappa shape index (κ1) is 17.0. The molecule has 3 fully saturated rings. The van der Waals surface area contributed by atoms with Crippen molar-refractivity contribution in [2.45, 2.75) is 57.5 Å². The highest BCUT2D eigenvalue weighted by Crippen LogP contribution is 2.35. The Kier molecular flexibility index (Phi) is 6.33. The normalized spacial score (nSPS) is 34.0. The van der Waals surface area contributed by atoms with Crippen LogP contribution in [0.2, 0.25) is 0 Å². The fourth-order valence-electron chi connectivity index (χ4n) is 4.32. The zero-order chi connectivity index (χ0) is 13.9. The van der Waals surface area contributed by atoms with Gasteiger partial charge in [0.1, 0.15) is 0 Å². The molecule has 2 saturated heterocycles. The lowest BCUT2D eigenvalue weighted by molar-refractivity contribution is -0.139. The fraction of sp³-hybridized carbons (Fsp3) is 0.938. The van der Waals surface area contributed by atoms with Crippen LogP contribution in [0.4, 0.5) is 0 Å². The molecule has 0 aromatic carbocycles. The van der Waals surface area contributed by atoms with E-state index >= 15 is 0 Å². The SMILES string of the molecule is C[C@@H]1CNCCN1CC(=O)N1CCCC2CCCCC21.Cl. The van der Waals surface area contributed by atoms with Crippen molar-refractivity contribution in [1.82, 2.24) is 15.1 Å². The number of likely N-dealkylation sites (tertiary alicyclic amines) is 1. The molecule has 0 spiro atoms. The summed E-state index contributed by atoms with van der Waals surface area (Å²) in [4.78, 5) is 17.3. The second kappa shape index (κ2) is 7.80. The molecule has 3 rings (SSSR count). The number of amides is 1. The number of nitrogens with zero attached hydrogens (tertiary/aromatic N) is 2. The highest BCUT2D eigenvalue weighted by molar-refractivity contribution is 5.85. The van der Waals surface area contributed by atoms with Crippen molar-refractivity contribution >= 4 is 18.3 Å². The molecule has 1 saturated carbocycles. The van der Waals surface area contributed by atoms with Crippen molar-refractivity contribution in [3.05, 3.63) is 0 Å². The standard InChI is InChI=1S/C16H29N3O.ClH/c1-13-11-17-8-10-18(13)12-16(20)19-9-4-6-14-5-2-3-7-15(14)19;/h13-15,17H,2-12H2,1H3;1H/t13-,14?,15?;/m1./s1. The molecule has 3 atom stereocenters. The number of fused-ring (bicyclic) bond motifs is 1. The Hall–Kier alpha value is -0.320. The lowest BCUT2D eigenvalue weighted by atomic mass is 9.78. The minimum absolute atomic E-state index is 0. The van der Waals surface area contributed by atoms with E-state index in [4.69, 9.17) is 0 Å². The summed E-state index contributed by atoms with van der Waals surface area (Å²) < 4.78 is 0. The summed E-state index contributed by atoms with van der Waals surface area (Å²) in [5.41, 5.74) is 0. The van der Waals surface area contributed by atoms with Gasteiger partial charge in [-0.3, -0.25) is 9.69 Å². The molecular weight excluding hydrogens is 286 g/mol. The van der Waals surface area contributed by atoms with E-state index in [0.29, 0.717) is 24.5 Å². The van der Waals surface area contributed by atoms with Gasteiger partial charge in [-0.1, -0.05) is 12.8 Å². The van der Waals surface area contributed by atoms with E-state index in [1.807, 2.05) is 0 Å². The summed E-state index contributed by atoms with van der Waals surface area (Å²) in [6.45, 7) is 6.89. The maximum absolute atomic E-state index is 12.7. The van der Waals surface area contributed by atoms with Crippen LogP contribution >= 0.6 is 12.4 Å². The summed E-state index contributed by atoms with van der Waals surface area (Å²) >= 11 is 0. The van der Waals surface area contributed by atoms with Crippen LogP contribution in [0.5, 0.6) is 0 Å². The average molecular weight is 316 g/mol. The Labute approximate surface area is 135 Å². The van der Waals surface area contributed by atoms with Crippen molar-refractivity contribution < 1.29 is 4.79 Å². The molecule has 122 valence electrons. The second-order valence-electron chi connectivity index (χ2n) is 6.86. The predicted molar refractivity (Wildman–Crippen MR) is 87.8 cm³/mol. The van der Waals surface area contributed by atoms with E-state index in [1.165, 1.54) is 38.5 Å². The summed E-state index contributed by atoms with van der Waals surface area (Å²) in [5.74, 6) is 1.18. The number of hydrogen-bond acceptors (Lipinski definition) is 3. The molecule has 5 heteroatoms. The number of piperazine rings is 1. The van der Waals surface area contributed by atoms with Crippen LogP contribution in [0, 0.1) is 5.92 Å². The van der Waals surface area contributed by atoms with Gasteiger partial charge in [-0.15, -0.1) is 12.4 Å². The molecule has 4 nitrogen and oxygen atoms in total. The van der Waals surface area contributed by atoms with Gasteiger partial charge in [-0.2, -0.15) is 0 Å². The van der Waals surface area contributed by atoms with Gasteiger partial charge in [-0.05, 0) is 38.5 Å². The van der Waals surface area contributed by atoms with Gasteiger partial charge in [0.2, 0.25) is 5.91 Å². The van der Waals surface area contributed by atoms with E-state index in [0.717, 1.165) is 32.1 Å². The van der Waals surface area contributed by atoms with Gasteiger partial charge < -0.3 is 10.2 Å². The van der Waals surface area contributed by atoms with Crippen molar-refractivity contribution in [3.8, 4) is 0 Å². The van der Waals surface area contributed by atoms with Gasteiger partial charge in [-0.25, -0.2) is 0 Å². The van der Waals surface area contributed by atoms with Crippen molar-refractivity contribution in [2.75, 3.05) is 32.7 Å². The summed E-state index contributed by atoms with van der Waals surface area (Å²) in [6, 6.07) is 1.04. The fourth-order valence-corrected chi connectivity index (χ4v) is 4.32. The van der Waals surface area contributed by atoms with E-state index in [2.05, 4.69) is 22.0 Å². The summed E-state index contributed by atoms with van der Waals surface area (Å²) in [7, 11) is 0. The van der Waals surface area contributed by atoms with E-state index in [9.17, 15) is 4.79 Å². The van der Waals surface area contributed by atoms with Crippen LogP contribution in [0.25, 0.3) is 0 Å². The first-order valence-electron chi connectivity index (χ1n) is 8.50. The van der Waals surface area contributed by atoms with E-state index in [-0.39, 0.29) is 12.4 Å². The molecule has 21 heavy (non-hydrogen) atoms. The Morgan fingerprint density at radius 2 is 1.90 bits per heavy atom. The summed E-state index contributed by atoms with van der Waals surface area (Å²) in [5, 5.41) is 3.40. The van der Waals surface area contributed by atoms with Gasteiger partial charge in [0, 0.05) is 38.3 Å². The van der Waals surface area contributed by atoms with Crippen molar-refractivity contribution in [2.24, 2.45) is 5.92 Å². The third-order valence-electron chi connectivity index (χ3n) is 5.54. The van der Waals surface area contributed by atoms with Crippen LogP contribution in [-0.4, -0.2) is 60.5 Å². The van der Waals surface area contributed by atoms with Gasteiger partial charge in [0.05, 0.1) is 6.54 Å². The Morgan fingerprint density at radius 3 is 2.71 bits per heavy atom. The molecule has 0 bridgehead atoms. The molecular formula is C16H30ClN3O. The lowest BCUT2D eigenvalue weighted by Crippen LogP contribution is -2.56. The molecule has 2 unspecified atom stereocenters. The maximum Gasteiger partial charge on any atom is 0.237 e. The lowest BCUT2D eigenvalue weighted by Gasteiger charge is -2.45.